The Kier molecular flexibility index (Phi) is 4.03. The Hall–Kier alpha value is -3.00. The van der Waals surface area contributed by atoms with Gasteiger partial charge in [0.1, 0.15) is 0 Å². The summed E-state index contributed by atoms with van der Waals surface area (Å²) in [5.74, 6) is 0. The van der Waals surface area contributed by atoms with Gasteiger partial charge in [-0.2, -0.15) is 0 Å². The third-order valence-corrected chi connectivity index (χ3v) is 4.25. The van der Waals surface area contributed by atoms with E-state index in [9.17, 15) is 0 Å². The van der Waals surface area contributed by atoms with Crippen LogP contribution in [-0.4, -0.2) is 9.97 Å². The third kappa shape index (κ3) is 3.04. The Labute approximate surface area is 141 Å². The number of benzene rings is 2. The maximum atomic E-state index is 4.85. The van der Waals surface area contributed by atoms with Crippen LogP contribution in [0.3, 0.4) is 0 Å². The molecule has 2 aromatic heterocycles. The molecule has 0 aliphatic rings. The van der Waals surface area contributed by atoms with Gasteiger partial charge in [0, 0.05) is 22.8 Å². The van der Waals surface area contributed by atoms with Crippen molar-refractivity contribution in [2.24, 2.45) is 0 Å². The van der Waals surface area contributed by atoms with Crippen LogP contribution in [0.1, 0.15) is 11.3 Å². The number of aromatic nitrogens is 2. The van der Waals surface area contributed by atoms with Gasteiger partial charge in [0.15, 0.2) is 0 Å². The first kappa shape index (κ1) is 14.6. The van der Waals surface area contributed by atoms with Crippen LogP contribution in [-0.2, 0) is 12.8 Å². The first-order valence-electron chi connectivity index (χ1n) is 8.24. The van der Waals surface area contributed by atoms with Crippen molar-refractivity contribution in [3.8, 4) is 11.3 Å². The topological polar surface area (TPSA) is 25.8 Å². The summed E-state index contributed by atoms with van der Waals surface area (Å²) in [5, 5.41) is 1.23. The molecule has 0 saturated heterocycles. The molecule has 4 rings (SSSR count). The van der Waals surface area contributed by atoms with Crippen LogP contribution in [0.2, 0.25) is 0 Å². The first-order valence-corrected chi connectivity index (χ1v) is 8.24. The Balaban J connectivity index is 1.75. The van der Waals surface area contributed by atoms with Crippen LogP contribution in [0.5, 0.6) is 0 Å². The van der Waals surface area contributed by atoms with Crippen molar-refractivity contribution >= 4 is 10.9 Å². The molecular formula is C22H18N2. The van der Waals surface area contributed by atoms with Gasteiger partial charge < -0.3 is 0 Å². The number of nitrogens with zero attached hydrogens (tertiary/aromatic N) is 2. The van der Waals surface area contributed by atoms with E-state index < -0.39 is 0 Å². The number of rotatable bonds is 4. The number of aryl methyl sites for hydroxylation is 2. The summed E-state index contributed by atoms with van der Waals surface area (Å²) in [7, 11) is 0. The van der Waals surface area contributed by atoms with Crippen molar-refractivity contribution < 1.29 is 0 Å². The number of hydrogen-bond acceptors (Lipinski definition) is 2. The van der Waals surface area contributed by atoms with Crippen molar-refractivity contribution in [3.05, 3.63) is 96.3 Å². The van der Waals surface area contributed by atoms with E-state index in [0.717, 1.165) is 35.3 Å². The molecule has 116 valence electrons. The molecule has 2 aromatic carbocycles. The Morgan fingerprint density at radius 3 is 2.33 bits per heavy atom. The van der Waals surface area contributed by atoms with E-state index in [4.69, 9.17) is 4.98 Å². The van der Waals surface area contributed by atoms with E-state index in [1.165, 1.54) is 10.9 Å². The van der Waals surface area contributed by atoms with Gasteiger partial charge in [-0.3, -0.25) is 4.98 Å². The average molecular weight is 310 g/mol. The standard InChI is InChI=1S/C22H18N2/c1-2-8-17(9-3-1)22-16-18(13-14-19-10-6-7-15-23-19)20-11-4-5-12-21(20)24-22/h1-12,15-16H,13-14H2. The highest BCUT2D eigenvalue weighted by Crippen LogP contribution is 2.25. The van der Waals surface area contributed by atoms with Crippen molar-refractivity contribution in [2.75, 3.05) is 0 Å². The van der Waals surface area contributed by atoms with E-state index >= 15 is 0 Å². The molecule has 0 fully saturated rings. The fourth-order valence-corrected chi connectivity index (χ4v) is 3.02. The Morgan fingerprint density at radius 2 is 1.50 bits per heavy atom. The first-order chi connectivity index (χ1) is 11.9. The smallest absolute Gasteiger partial charge is 0.0712 e. The summed E-state index contributed by atoms with van der Waals surface area (Å²) >= 11 is 0. The molecule has 0 radical (unpaired) electrons. The molecule has 0 amide bonds. The zero-order valence-corrected chi connectivity index (χ0v) is 13.4. The van der Waals surface area contributed by atoms with Gasteiger partial charge in [0.05, 0.1) is 11.2 Å². The minimum Gasteiger partial charge on any atom is -0.261 e. The molecule has 0 bridgehead atoms. The third-order valence-electron chi connectivity index (χ3n) is 4.25. The highest BCUT2D eigenvalue weighted by atomic mass is 14.7. The Morgan fingerprint density at radius 1 is 0.708 bits per heavy atom. The normalized spacial score (nSPS) is 10.8. The summed E-state index contributed by atoms with van der Waals surface area (Å²) in [6, 6.07) is 27.1. The molecule has 0 saturated carbocycles. The van der Waals surface area contributed by atoms with E-state index in [2.05, 4.69) is 59.6 Å². The second-order valence-corrected chi connectivity index (χ2v) is 5.87. The second-order valence-electron chi connectivity index (χ2n) is 5.87. The molecule has 0 unspecified atom stereocenters. The molecule has 2 heteroatoms. The SMILES string of the molecule is c1ccc(-c2cc(CCc3ccccn3)c3ccccc3n2)cc1. The van der Waals surface area contributed by atoms with Crippen molar-refractivity contribution in [1.29, 1.82) is 0 Å². The predicted molar refractivity (Wildman–Crippen MR) is 98.8 cm³/mol. The summed E-state index contributed by atoms with van der Waals surface area (Å²) < 4.78 is 0. The fourth-order valence-electron chi connectivity index (χ4n) is 3.02. The van der Waals surface area contributed by atoms with Gasteiger partial charge in [-0.15, -0.1) is 0 Å². The molecular weight excluding hydrogens is 292 g/mol. The predicted octanol–water partition coefficient (Wildman–Crippen LogP) is 5.08. The quantitative estimate of drug-likeness (QED) is 0.525. The monoisotopic (exact) mass is 310 g/mol. The maximum Gasteiger partial charge on any atom is 0.0712 e. The van der Waals surface area contributed by atoms with Crippen LogP contribution in [0.25, 0.3) is 22.2 Å². The summed E-state index contributed by atoms with van der Waals surface area (Å²) in [6.07, 6.45) is 3.75. The molecule has 0 aliphatic heterocycles. The molecule has 2 heterocycles. The molecule has 0 N–H and O–H groups in total. The van der Waals surface area contributed by atoms with Gasteiger partial charge in [0.25, 0.3) is 0 Å². The lowest BCUT2D eigenvalue weighted by Crippen LogP contribution is -1.97. The highest BCUT2D eigenvalue weighted by Gasteiger charge is 2.08. The zero-order valence-electron chi connectivity index (χ0n) is 13.4. The lowest BCUT2D eigenvalue weighted by atomic mass is 10.00. The van der Waals surface area contributed by atoms with E-state index in [1.54, 1.807) is 0 Å². The minimum atomic E-state index is 0.934. The summed E-state index contributed by atoms with van der Waals surface area (Å²) in [6.45, 7) is 0. The molecule has 0 spiro atoms. The van der Waals surface area contributed by atoms with Crippen LogP contribution in [0, 0.1) is 0 Å². The van der Waals surface area contributed by atoms with Crippen molar-refractivity contribution in [2.45, 2.75) is 12.8 Å². The Bertz CT molecular complexity index is 947. The van der Waals surface area contributed by atoms with Gasteiger partial charge in [-0.1, -0.05) is 54.6 Å². The van der Waals surface area contributed by atoms with E-state index in [0.29, 0.717) is 0 Å². The van der Waals surface area contributed by atoms with E-state index in [-0.39, 0.29) is 0 Å². The lowest BCUT2D eigenvalue weighted by molar-refractivity contribution is 0.919. The maximum absolute atomic E-state index is 4.85. The summed E-state index contributed by atoms with van der Waals surface area (Å²) in [5.41, 5.74) is 5.69. The second kappa shape index (κ2) is 6.63. The van der Waals surface area contributed by atoms with Gasteiger partial charge in [-0.05, 0) is 42.7 Å². The van der Waals surface area contributed by atoms with Crippen LogP contribution in [0.4, 0.5) is 0 Å². The lowest BCUT2D eigenvalue weighted by Gasteiger charge is -2.10. The average Bonchev–Trinajstić information content (AvgIpc) is 2.67. The highest BCUT2D eigenvalue weighted by molar-refractivity contribution is 5.85. The number of hydrogen-bond donors (Lipinski definition) is 0. The number of fused-ring (bicyclic) bond motifs is 1. The summed E-state index contributed by atoms with van der Waals surface area (Å²) in [4.78, 5) is 9.28. The zero-order chi connectivity index (χ0) is 16.2. The fraction of sp³-hybridized carbons (Fsp3) is 0.0909. The number of para-hydroxylation sites is 1. The van der Waals surface area contributed by atoms with Crippen molar-refractivity contribution in [3.63, 3.8) is 0 Å². The van der Waals surface area contributed by atoms with Crippen molar-refractivity contribution in [1.82, 2.24) is 9.97 Å². The van der Waals surface area contributed by atoms with E-state index in [1.807, 2.05) is 30.5 Å². The van der Waals surface area contributed by atoms with Crippen LogP contribution in [0.15, 0.2) is 85.1 Å². The molecule has 24 heavy (non-hydrogen) atoms. The largest absolute Gasteiger partial charge is 0.261 e. The molecule has 0 aliphatic carbocycles. The molecule has 4 aromatic rings. The molecule has 2 nitrogen and oxygen atoms in total. The van der Waals surface area contributed by atoms with Crippen LogP contribution < -0.4 is 0 Å². The van der Waals surface area contributed by atoms with Gasteiger partial charge in [-0.25, -0.2) is 4.98 Å². The van der Waals surface area contributed by atoms with Gasteiger partial charge in [0.2, 0.25) is 0 Å². The minimum absolute atomic E-state index is 0.934. The van der Waals surface area contributed by atoms with Crippen LogP contribution >= 0.6 is 0 Å². The molecule has 0 atom stereocenters. The number of pyridine rings is 2. The van der Waals surface area contributed by atoms with Gasteiger partial charge >= 0.3 is 0 Å².